The molecule has 28 heavy (non-hydrogen) atoms. The van der Waals surface area contributed by atoms with Crippen molar-refractivity contribution in [1.82, 2.24) is 14.7 Å². The van der Waals surface area contributed by atoms with E-state index in [1.165, 1.54) is 0 Å². The number of nitrogens with zero attached hydrogens (tertiary/aromatic N) is 3. The molecular formula is C21H28N4O3. The molecule has 0 aliphatic carbocycles. The molecule has 1 fully saturated rings. The van der Waals surface area contributed by atoms with E-state index in [1.54, 1.807) is 16.5 Å². The number of aromatic nitrogens is 2. The van der Waals surface area contributed by atoms with Crippen LogP contribution in [-0.2, 0) is 10.2 Å². The fourth-order valence-corrected chi connectivity index (χ4v) is 3.60. The van der Waals surface area contributed by atoms with Crippen LogP contribution in [0.2, 0.25) is 0 Å². The SMILES string of the molecule is Cc1c(C(C)(C)C)nn(-c2ccccc2)c1NC(=O)N1CCC(C)(C(=O)O)C1. The molecule has 1 aromatic carbocycles. The smallest absolute Gasteiger partial charge is 0.323 e. The molecule has 1 atom stereocenters. The molecule has 1 aromatic heterocycles. The van der Waals surface area contributed by atoms with Crippen molar-refractivity contribution < 1.29 is 14.7 Å². The van der Waals surface area contributed by atoms with Gasteiger partial charge in [0.25, 0.3) is 0 Å². The first kappa shape index (κ1) is 19.9. The highest BCUT2D eigenvalue weighted by Gasteiger charge is 2.42. The van der Waals surface area contributed by atoms with Gasteiger partial charge in [0.2, 0.25) is 0 Å². The monoisotopic (exact) mass is 384 g/mol. The highest BCUT2D eigenvalue weighted by molar-refractivity contribution is 5.91. The first-order valence-electron chi connectivity index (χ1n) is 9.48. The number of carbonyl (C=O) groups excluding carboxylic acids is 1. The Hall–Kier alpha value is -2.83. The molecule has 0 saturated carbocycles. The third-order valence-electron chi connectivity index (χ3n) is 5.34. The summed E-state index contributed by atoms with van der Waals surface area (Å²) in [4.78, 5) is 25.9. The van der Waals surface area contributed by atoms with Crippen molar-refractivity contribution >= 4 is 17.8 Å². The summed E-state index contributed by atoms with van der Waals surface area (Å²) < 4.78 is 1.75. The van der Waals surface area contributed by atoms with Gasteiger partial charge in [0.1, 0.15) is 5.82 Å². The lowest BCUT2D eigenvalue weighted by Gasteiger charge is -2.21. The molecule has 150 valence electrons. The zero-order valence-electron chi connectivity index (χ0n) is 17.1. The van der Waals surface area contributed by atoms with E-state index in [-0.39, 0.29) is 18.0 Å². The highest BCUT2D eigenvalue weighted by atomic mass is 16.4. The van der Waals surface area contributed by atoms with Crippen LogP contribution in [-0.4, -0.2) is 44.9 Å². The number of anilines is 1. The van der Waals surface area contributed by atoms with Gasteiger partial charge >= 0.3 is 12.0 Å². The van der Waals surface area contributed by atoms with Gasteiger partial charge in [-0.2, -0.15) is 5.10 Å². The Kier molecular flexibility index (Phi) is 4.95. The highest BCUT2D eigenvalue weighted by Crippen LogP contribution is 2.33. The molecule has 2 aromatic rings. The number of hydrogen-bond donors (Lipinski definition) is 2. The third kappa shape index (κ3) is 3.61. The number of nitrogens with one attached hydrogen (secondary N) is 1. The largest absolute Gasteiger partial charge is 0.481 e. The maximum atomic E-state index is 12.9. The summed E-state index contributed by atoms with van der Waals surface area (Å²) in [6.45, 7) is 10.5. The predicted octanol–water partition coefficient (Wildman–Crippen LogP) is 3.81. The van der Waals surface area contributed by atoms with E-state index in [0.29, 0.717) is 18.8 Å². The van der Waals surface area contributed by atoms with Gasteiger partial charge in [0.05, 0.1) is 16.8 Å². The van der Waals surface area contributed by atoms with E-state index >= 15 is 0 Å². The van der Waals surface area contributed by atoms with Crippen LogP contribution in [0.1, 0.15) is 45.4 Å². The standard InChI is InChI=1S/C21H28N4O3/c1-14-16(20(2,3)4)23-25(15-9-7-6-8-10-15)17(14)22-19(28)24-12-11-21(5,13-24)18(26)27/h6-10H,11-13H2,1-5H3,(H,22,28)(H,26,27). The number of likely N-dealkylation sites (tertiary alicyclic amines) is 1. The summed E-state index contributed by atoms with van der Waals surface area (Å²) in [5, 5.41) is 17.2. The van der Waals surface area contributed by atoms with Crippen LogP contribution in [0, 0.1) is 12.3 Å². The Labute approximate surface area is 165 Å². The molecule has 1 aliphatic heterocycles. The second-order valence-electron chi connectivity index (χ2n) is 8.79. The van der Waals surface area contributed by atoms with E-state index < -0.39 is 11.4 Å². The van der Waals surface area contributed by atoms with Crippen molar-refractivity contribution in [3.63, 3.8) is 0 Å². The van der Waals surface area contributed by atoms with E-state index in [2.05, 4.69) is 26.1 Å². The van der Waals surface area contributed by atoms with Crippen molar-refractivity contribution in [3.8, 4) is 5.69 Å². The van der Waals surface area contributed by atoms with Gasteiger partial charge in [0.15, 0.2) is 0 Å². The molecule has 7 nitrogen and oxygen atoms in total. The number of carboxylic acid groups (broad SMARTS) is 1. The number of benzene rings is 1. The average molecular weight is 384 g/mol. The summed E-state index contributed by atoms with van der Waals surface area (Å²) in [7, 11) is 0. The van der Waals surface area contributed by atoms with Crippen molar-refractivity contribution in [2.24, 2.45) is 5.41 Å². The Balaban J connectivity index is 1.94. The quantitative estimate of drug-likeness (QED) is 0.842. The number of para-hydroxylation sites is 1. The predicted molar refractivity (Wildman–Crippen MR) is 108 cm³/mol. The van der Waals surface area contributed by atoms with Gasteiger partial charge in [-0.15, -0.1) is 0 Å². The van der Waals surface area contributed by atoms with Gasteiger partial charge in [-0.25, -0.2) is 9.48 Å². The normalized spacial score (nSPS) is 19.7. The topological polar surface area (TPSA) is 87.5 Å². The van der Waals surface area contributed by atoms with Crippen LogP contribution in [0.4, 0.5) is 10.6 Å². The fraction of sp³-hybridized carbons (Fsp3) is 0.476. The van der Waals surface area contributed by atoms with E-state index in [4.69, 9.17) is 5.10 Å². The zero-order valence-corrected chi connectivity index (χ0v) is 17.1. The van der Waals surface area contributed by atoms with Crippen LogP contribution in [0.25, 0.3) is 5.69 Å². The fourth-order valence-electron chi connectivity index (χ4n) is 3.60. The number of aliphatic carboxylic acids is 1. The minimum Gasteiger partial charge on any atom is -0.481 e. The number of amides is 2. The number of carboxylic acids is 1. The Morgan fingerprint density at radius 3 is 2.39 bits per heavy atom. The molecule has 1 aliphatic rings. The first-order valence-corrected chi connectivity index (χ1v) is 9.48. The molecule has 0 spiro atoms. The van der Waals surface area contributed by atoms with Crippen LogP contribution >= 0.6 is 0 Å². The molecule has 0 bridgehead atoms. The summed E-state index contributed by atoms with van der Waals surface area (Å²) in [6, 6.07) is 9.35. The minimum absolute atomic E-state index is 0.181. The molecule has 2 N–H and O–H groups in total. The van der Waals surface area contributed by atoms with Crippen LogP contribution < -0.4 is 5.32 Å². The molecular weight excluding hydrogens is 356 g/mol. The van der Waals surface area contributed by atoms with Crippen molar-refractivity contribution in [2.45, 2.75) is 46.5 Å². The third-order valence-corrected chi connectivity index (χ3v) is 5.34. The molecule has 0 radical (unpaired) electrons. The van der Waals surface area contributed by atoms with E-state index in [9.17, 15) is 14.7 Å². The second-order valence-corrected chi connectivity index (χ2v) is 8.79. The lowest BCUT2D eigenvalue weighted by atomic mass is 9.90. The molecule has 3 rings (SSSR count). The van der Waals surface area contributed by atoms with E-state index in [1.807, 2.05) is 37.3 Å². The maximum absolute atomic E-state index is 12.9. The summed E-state index contributed by atoms with van der Waals surface area (Å²) in [6.07, 6.45) is 0.444. The summed E-state index contributed by atoms with van der Waals surface area (Å²) in [5.74, 6) is -0.256. The zero-order chi connectivity index (χ0) is 20.7. The van der Waals surface area contributed by atoms with Gasteiger partial charge < -0.3 is 10.0 Å². The van der Waals surface area contributed by atoms with Crippen LogP contribution in [0.15, 0.2) is 30.3 Å². The lowest BCUT2D eigenvalue weighted by Crippen LogP contribution is -2.37. The Morgan fingerprint density at radius 1 is 1.21 bits per heavy atom. The second kappa shape index (κ2) is 6.96. The number of carbonyl (C=O) groups is 2. The van der Waals surface area contributed by atoms with E-state index in [0.717, 1.165) is 16.9 Å². The molecule has 7 heteroatoms. The summed E-state index contributed by atoms with van der Waals surface area (Å²) in [5.41, 5.74) is 1.59. The number of hydrogen-bond acceptors (Lipinski definition) is 3. The summed E-state index contributed by atoms with van der Waals surface area (Å²) >= 11 is 0. The average Bonchev–Trinajstić information content (AvgIpc) is 3.18. The maximum Gasteiger partial charge on any atom is 0.323 e. The minimum atomic E-state index is -0.900. The first-order chi connectivity index (χ1) is 13.0. The lowest BCUT2D eigenvalue weighted by molar-refractivity contribution is -0.146. The van der Waals surface area contributed by atoms with Gasteiger partial charge in [0, 0.05) is 24.1 Å². The van der Waals surface area contributed by atoms with Crippen LogP contribution in [0.3, 0.4) is 0 Å². The molecule has 1 saturated heterocycles. The number of urea groups is 1. The Morgan fingerprint density at radius 2 is 1.86 bits per heavy atom. The van der Waals surface area contributed by atoms with Gasteiger partial charge in [-0.1, -0.05) is 39.0 Å². The van der Waals surface area contributed by atoms with Crippen molar-refractivity contribution in [1.29, 1.82) is 0 Å². The van der Waals surface area contributed by atoms with Crippen LogP contribution in [0.5, 0.6) is 0 Å². The van der Waals surface area contributed by atoms with Gasteiger partial charge in [-0.3, -0.25) is 10.1 Å². The molecule has 2 amide bonds. The van der Waals surface area contributed by atoms with Gasteiger partial charge in [-0.05, 0) is 32.4 Å². The molecule has 2 heterocycles. The van der Waals surface area contributed by atoms with Crippen molar-refractivity contribution in [3.05, 3.63) is 41.6 Å². The Bertz CT molecular complexity index is 898. The van der Waals surface area contributed by atoms with Crippen molar-refractivity contribution in [2.75, 3.05) is 18.4 Å². The molecule has 1 unspecified atom stereocenters. The number of rotatable bonds is 3.